The molecule has 1 saturated heterocycles. The Balaban J connectivity index is 1.51. The minimum absolute atomic E-state index is 0.823. The predicted octanol–water partition coefficient (Wildman–Crippen LogP) is 2.86. The molecule has 19 heavy (non-hydrogen) atoms. The van der Waals surface area contributed by atoms with Gasteiger partial charge >= 0.3 is 0 Å². The summed E-state index contributed by atoms with van der Waals surface area (Å²) in [6.45, 7) is 2.09. The number of hydrogen-bond acceptors (Lipinski definition) is 3. The SMILES string of the molecule is c1cnn(-c2ccc(CNCC3CCCS3)cc2)c1. The zero-order valence-electron chi connectivity index (χ0n) is 11.0. The molecule has 3 rings (SSSR count). The Morgan fingerprint density at radius 2 is 2.21 bits per heavy atom. The van der Waals surface area contributed by atoms with Crippen molar-refractivity contribution in [2.24, 2.45) is 0 Å². The average molecular weight is 273 g/mol. The molecule has 1 N–H and O–H groups in total. The Bertz CT molecular complexity index is 487. The third-order valence-corrected chi connectivity index (χ3v) is 4.83. The van der Waals surface area contributed by atoms with Crippen LogP contribution in [0.2, 0.25) is 0 Å². The summed E-state index contributed by atoms with van der Waals surface area (Å²) in [5, 5.41) is 8.61. The molecule has 100 valence electrons. The Labute approximate surface area is 118 Å². The molecule has 2 aromatic rings. The van der Waals surface area contributed by atoms with Gasteiger partial charge < -0.3 is 5.32 Å². The molecule has 1 atom stereocenters. The van der Waals surface area contributed by atoms with Crippen LogP contribution < -0.4 is 5.32 Å². The van der Waals surface area contributed by atoms with Crippen LogP contribution in [0, 0.1) is 0 Å². The van der Waals surface area contributed by atoms with Gasteiger partial charge in [-0.25, -0.2) is 4.68 Å². The lowest BCUT2D eigenvalue weighted by Gasteiger charge is -2.10. The summed E-state index contributed by atoms with van der Waals surface area (Å²) >= 11 is 2.10. The number of hydrogen-bond donors (Lipinski definition) is 1. The molecule has 1 fully saturated rings. The maximum atomic E-state index is 4.23. The van der Waals surface area contributed by atoms with Gasteiger partial charge in [0, 0.05) is 30.7 Å². The van der Waals surface area contributed by atoms with E-state index in [2.05, 4.69) is 46.4 Å². The monoisotopic (exact) mass is 273 g/mol. The zero-order valence-corrected chi connectivity index (χ0v) is 11.8. The van der Waals surface area contributed by atoms with Crippen molar-refractivity contribution in [2.75, 3.05) is 12.3 Å². The molecular weight excluding hydrogens is 254 g/mol. The normalized spacial score (nSPS) is 18.8. The number of nitrogens with zero attached hydrogens (tertiary/aromatic N) is 2. The molecule has 1 aromatic heterocycles. The molecule has 0 saturated carbocycles. The van der Waals surface area contributed by atoms with E-state index in [4.69, 9.17) is 0 Å². The van der Waals surface area contributed by atoms with Gasteiger partial charge in [0.2, 0.25) is 0 Å². The lowest BCUT2D eigenvalue weighted by Crippen LogP contribution is -2.22. The molecule has 0 amide bonds. The highest BCUT2D eigenvalue weighted by atomic mass is 32.2. The van der Waals surface area contributed by atoms with Crippen LogP contribution in [-0.2, 0) is 6.54 Å². The molecule has 0 spiro atoms. The minimum Gasteiger partial charge on any atom is -0.312 e. The molecule has 1 aliphatic rings. The van der Waals surface area contributed by atoms with Crippen LogP contribution >= 0.6 is 11.8 Å². The van der Waals surface area contributed by atoms with Gasteiger partial charge in [0.05, 0.1) is 5.69 Å². The summed E-state index contributed by atoms with van der Waals surface area (Å²) in [5.41, 5.74) is 2.44. The van der Waals surface area contributed by atoms with Crippen LogP contribution in [0.4, 0.5) is 0 Å². The Morgan fingerprint density at radius 1 is 1.32 bits per heavy atom. The van der Waals surface area contributed by atoms with E-state index in [0.29, 0.717) is 0 Å². The number of nitrogens with one attached hydrogen (secondary N) is 1. The van der Waals surface area contributed by atoms with E-state index in [1.54, 1.807) is 6.20 Å². The molecule has 1 unspecified atom stereocenters. The molecule has 4 heteroatoms. The summed E-state index contributed by atoms with van der Waals surface area (Å²) in [6.07, 6.45) is 6.52. The van der Waals surface area contributed by atoms with Crippen molar-refractivity contribution < 1.29 is 0 Å². The van der Waals surface area contributed by atoms with E-state index in [0.717, 1.165) is 24.0 Å². The predicted molar refractivity (Wildman–Crippen MR) is 80.8 cm³/mol. The highest BCUT2D eigenvalue weighted by Crippen LogP contribution is 2.25. The number of thioether (sulfide) groups is 1. The minimum atomic E-state index is 0.823. The number of rotatable bonds is 5. The largest absolute Gasteiger partial charge is 0.312 e. The highest BCUT2D eigenvalue weighted by Gasteiger charge is 2.14. The lowest BCUT2D eigenvalue weighted by molar-refractivity contribution is 0.646. The van der Waals surface area contributed by atoms with Crippen LogP contribution in [0.3, 0.4) is 0 Å². The average Bonchev–Trinajstić information content (AvgIpc) is 3.13. The maximum absolute atomic E-state index is 4.23. The van der Waals surface area contributed by atoms with Gasteiger partial charge in [-0.05, 0) is 42.4 Å². The van der Waals surface area contributed by atoms with Gasteiger partial charge in [-0.15, -0.1) is 0 Å². The summed E-state index contributed by atoms with van der Waals surface area (Å²) < 4.78 is 1.88. The highest BCUT2D eigenvalue weighted by molar-refractivity contribution is 8.00. The quantitative estimate of drug-likeness (QED) is 0.908. The maximum Gasteiger partial charge on any atom is 0.0645 e. The second kappa shape index (κ2) is 6.26. The van der Waals surface area contributed by atoms with Crippen LogP contribution in [-0.4, -0.2) is 27.3 Å². The van der Waals surface area contributed by atoms with E-state index in [9.17, 15) is 0 Å². The van der Waals surface area contributed by atoms with Gasteiger partial charge in [-0.3, -0.25) is 0 Å². The van der Waals surface area contributed by atoms with Crippen molar-refractivity contribution in [3.63, 3.8) is 0 Å². The van der Waals surface area contributed by atoms with Crippen LogP contribution in [0.15, 0.2) is 42.7 Å². The smallest absolute Gasteiger partial charge is 0.0645 e. The van der Waals surface area contributed by atoms with Crippen LogP contribution in [0.5, 0.6) is 0 Å². The topological polar surface area (TPSA) is 29.9 Å². The number of aromatic nitrogens is 2. The van der Waals surface area contributed by atoms with E-state index < -0.39 is 0 Å². The third-order valence-electron chi connectivity index (χ3n) is 3.43. The van der Waals surface area contributed by atoms with Gasteiger partial charge in [0.25, 0.3) is 0 Å². The van der Waals surface area contributed by atoms with Crippen molar-refractivity contribution in [2.45, 2.75) is 24.6 Å². The summed E-state index contributed by atoms with van der Waals surface area (Å²) in [6, 6.07) is 10.5. The molecule has 0 radical (unpaired) electrons. The van der Waals surface area contributed by atoms with Crippen molar-refractivity contribution in [1.29, 1.82) is 0 Å². The van der Waals surface area contributed by atoms with Crippen LogP contribution in [0.1, 0.15) is 18.4 Å². The molecule has 2 heterocycles. The molecule has 3 nitrogen and oxygen atoms in total. The Hall–Kier alpha value is -1.26. The van der Waals surface area contributed by atoms with E-state index in [1.807, 2.05) is 16.9 Å². The third kappa shape index (κ3) is 3.39. The fourth-order valence-electron chi connectivity index (χ4n) is 2.37. The Kier molecular flexibility index (Phi) is 4.20. The fraction of sp³-hybridized carbons (Fsp3) is 0.400. The first-order valence-electron chi connectivity index (χ1n) is 6.83. The second-order valence-electron chi connectivity index (χ2n) is 4.88. The van der Waals surface area contributed by atoms with Crippen molar-refractivity contribution in [3.8, 4) is 5.69 Å². The molecule has 0 bridgehead atoms. The molecule has 1 aliphatic heterocycles. The van der Waals surface area contributed by atoms with Crippen LogP contribution in [0.25, 0.3) is 5.69 Å². The van der Waals surface area contributed by atoms with Gasteiger partial charge in [-0.1, -0.05) is 12.1 Å². The van der Waals surface area contributed by atoms with Crippen molar-refractivity contribution >= 4 is 11.8 Å². The first kappa shape index (κ1) is 12.8. The van der Waals surface area contributed by atoms with Crippen molar-refractivity contribution in [3.05, 3.63) is 48.3 Å². The van der Waals surface area contributed by atoms with Gasteiger partial charge in [-0.2, -0.15) is 16.9 Å². The molecule has 0 aliphatic carbocycles. The number of benzene rings is 1. The zero-order chi connectivity index (χ0) is 12.9. The Morgan fingerprint density at radius 3 is 2.89 bits per heavy atom. The molecular formula is C15H19N3S. The summed E-state index contributed by atoms with van der Waals surface area (Å²) in [5.74, 6) is 1.34. The standard InChI is InChI=1S/C15H19N3S/c1-3-15(19-10-1)12-16-11-13-4-6-14(7-5-13)18-9-2-8-17-18/h2,4-9,15-16H,1,3,10-12H2. The van der Waals surface area contributed by atoms with E-state index >= 15 is 0 Å². The summed E-state index contributed by atoms with van der Waals surface area (Å²) in [7, 11) is 0. The molecule has 1 aromatic carbocycles. The van der Waals surface area contributed by atoms with Gasteiger partial charge in [0.15, 0.2) is 0 Å². The van der Waals surface area contributed by atoms with Gasteiger partial charge in [0.1, 0.15) is 0 Å². The van der Waals surface area contributed by atoms with E-state index in [1.165, 1.54) is 24.2 Å². The summed E-state index contributed by atoms with van der Waals surface area (Å²) in [4.78, 5) is 0. The fourth-order valence-corrected chi connectivity index (χ4v) is 3.61. The first-order valence-corrected chi connectivity index (χ1v) is 7.88. The van der Waals surface area contributed by atoms with Crippen molar-refractivity contribution in [1.82, 2.24) is 15.1 Å². The lowest BCUT2D eigenvalue weighted by atomic mass is 10.2. The van der Waals surface area contributed by atoms with E-state index in [-0.39, 0.29) is 0 Å². The second-order valence-corrected chi connectivity index (χ2v) is 6.29. The first-order chi connectivity index (χ1) is 9.42.